The standard InChI is InChI=1S/C22H42O5/c1-4-6-7-8-9-10-11-12-13-14-15-17-26-21(23)18-25-19-22(24)27-20(3)16-5-2/h20H,4-19H2,1-3H3. The fourth-order valence-corrected chi connectivity index (χ4v) is 2.94. The summed E-state index contributed by atoms with van der Waals surface area (Å²) in [6.07, 6.45) is 15.6. The summed E-state index contributed by atoms with van der Waals surface area (Å²) in [5, 5.41) is 0. The van der Waals surface area contributed by atoms with E-state index in [1.807, 2.05) is 13.8 Å². The van der Waals surface area contributed by atoms with Crippen molar-refractivity contribution in [2.45, 2.75) is 110 Å². The molecule has 0 aliphatic heterocycles. The summed E-state index contributed by atoms with van der Waals surface area (Å²) in [4.78, 5) is 23.0. The summed E-state index contributed by atoms with van der Waals surface area (Å²) < 4.78 is 15.3. The van der Waals surface area contributed by atoms with Crippen LogP contribution in [0.15, 0.2) is 0 Å². The minimum absolute atomic E-state index is 0.112. The lowest BCUT2D eigenvalue weighted by atomic mass is 10.1. The molecule has 0 saturated carbocycles. The van der Waals surface area contributed by atoms with Gasteiger partial charge in [0.1, 0.15) is 13.2 Å². The summed E-state index contributed by atoms with van der Waals surface area (Å²) in [5.74, 6) is -0.856. The molecule has 0 radical (unpaired) electrons. The van der Waals surface area contributed by atoms with Gasteiger partial charge in [0.05, 0.1) is 12.7 Å². The SMILES string of the molecule is CCCCCCCCCCCCCOC(=O)COCC(=O)OC(C)CCC. The lowest BCUT2D eigenvalue weighted by molar-refractivity contribution is -0.158. The summed E-state index contributed by atoms with van der Waals surface area (Å²) in [7, 11) is 0. The van der Waals surface area contributed by atoms with E-state index in [4.69, 9.17) is 14.2 Å². The van der Waals surface area contributed by atoms with E-state index in [-0.39, 0.29) is 19.3 Å². The number of hydrogen-bond donors (Lipinski definition) is 0. The maximum Gasteiger partial charge on any atom is 0.332 e. The summed E-state index contributed by atoms with van der Waals surface area (Å²) in [5.41, 5.74) is 0. The van der Waals surface area contributed by atoms with E-state index >= 15 is 0 Å². The lowest BCUT2D eigenvalue weighted by Crippen LogP contribution is -2.22. The lowest BCUT2D eigenvalue weighted by Gasteiger charge is -2.12. The molecule has 0 amide bonds. The minimum Gasteiger partial charge on any atom is -0.464 e. The molecule has 0 saturated heterocycles. The Kier molecular flexibility index (Phi) is 18.9. The van der Waals surface area contributed by atoms with Crippen LogP contribution in [0.3, 0.4) is 0 Å². The van der Waals surface area contributed by atoms with Crippen LogP contribution in [0.1, 0.15) is 104 Å². The third-order valence-electron chi connectivity index (χ3n) is 4.48. The van der Waals surface area contributed by atoms with Crippen LogP contribution in [0.25, 0.3) is 0 Å². The van der Waals surface area contributed by atoms with Gasteiger partial charge in [0, 0.05) is 0 Å². The van der Waals surface area contributed by atoms with Gasteiger partial charge in [-0.15, -0.1) is 0 Å². The molecular formula is C22H42O5. The Morgan fingerprint density at radius 3 is 1.78 bits per heavy atom. The van der Waals surface area contributed by atoms with E-state index in [0.29, 0.717) is 6.61 Å². The normalized spacial score (nSPS) is 12.0. The molecule has 160 valence electrons. The molecule has 0 N–H and O–H groups in total. The molecule has 0 spiro atoms. The molecule has 0 aliphatic carbocycles. The molecule has 5 nitrogen and oxygen atoms in total. The number of carbonyl (C=O) groups excluding carboxylic acids is 2. The smallest absolute Gasteiger partial charge is 0.332 e. The first-order valence-corrected chi connectivity index (χ1v) is 11.0. The van der Waals surface area contributed by atoms with E-state index in [2.05, 4.69) is 6.92 Å². The van der Waals surface area contributed by atoms with Crippen LogP contribution in [-0.2, 0) is 23.8 Å². The van der Waals surface area contributed by atoms with Crippen molar-refractivity contribution in [1.82, 2.24) is 0 Å². The van der Waals surface area contributed by atoms with Gasteiger partial charge in [0.2, 0.25) is 0 Å². The highest BCUT2D eigenvalue weighted by molar-refractivity contribution is 5.73. The zero-order chi connectivity index (χ0) is 20.2. The van der Waals surface area contributed by atoms with E-state index in [1.54, 1.807) is 0 Å². The van der Waals surface area contributed by atoms with Gasteiger partial charge < -0.3 is 14.2 Å². The van der Waals surface area contributed by atoms with Crippen LogP contribution < -0.4 is 0 Å². The van der Waals surface area contributed by atoms with Crippen LogP contribution in [0.5, 0.6) is 0 Å². The largest absolute Gasteiger partial charge is 0.464 e. The van der Waals surface area contributed by atoms with Crippen LogP contribution in [0.2, 0.25) is 0 Å². The number of rotatable bonds is 19. The van der Waals surface area contributed by atoms with Crippen LogP contribution in [-0.4, -0.2) is 37.9 Å². The van der Waals surface area contributed by atoms with Crippen LogP contribution in [0, 0.1) is 0 Å². The van der Waals surface area contributed by atoms with Gasteiger partial charge in [0.15, 0.2) is 0 Å². The number of hydrogen-bond acceptors (Lipinski definition) is 5. The van der Waals surface area contributed by atoms with Crippen molar-refractivity contribution in [2.75, 3.05) is 19.8 Å². The first-order chi connectivity index (χ1) is 13.1. The molecule has 0 aromatic rings. The molecule has 0 aromatic heterocycles. The Labute approximate surface area is 166 Å². The zero-order valence-corrected chi connectivity index (χ0v) is 17.9. The van der Waals surface area contributed by atoms with Gasteiger partial charge in [-0.1, -0.05) is 84.5 Å². The highest BCUT2D eigenvalue weighted by Gasteiger charge is 2.10. The molecule has 0 heterocycles. The van der Waals surface area contributed by atoms with Crippen molar-refractivity contribution >= 4 is 11.9 Å². The Morgan fingerprint density at radius 2 is 1.22 bits per heavy atom. The van der Waals surface area contributed by atoms with Gasteiger partial charge in [-0.3, -0.25) is 0 Å². The Balaban J connectivity index is 3.33. The summed E-state index contributed by atoms with van der Waals surface area (Å²) in [6, 6.07) is 0. The van der Waals surface area contributed by atoms with E-state index in [9.17, 15) is 9.59 Å². The Bertz CT molecular complexity index is 357. The summed E-state index contributed by atoms with van der Waals surface area (Å²) >= 11 is 0. The Morgan fingerprint density at radius 1 is 0.704 bits per heavy atom. The topological polar surface area (TPSA) is 61.8 Å². The molecule has 0 bridgehead atoms. The number of carbonyl (C=O) groups is 2. The fraction of sp³-hybridized carbons (Fsp3) is 0.909. The minimum atomic E-state index is -0.436. The highest BCUT2D eigenvalue weighted by Crippen LogP contribution is 2.11. The molecular weight excluding hydrogens is 344 g/mol. The fourth-order valence-electron chi connectivity index (χ4n) is 2.94. The third kappa shape index (κ3) is 19.5. The van der Waals surface area contributed by atoms with Crippen molar-refractivity contribution in [2.24, 2.45) is 0 Å². The predicted molar refractivity (Wildman–Crippen MR) is 109 cm³/mol. The predicted octanol–water partition coefficient (Wildman–Crippen LogP) is 5.59. The monoisotopic (exact) mass is 386 g/mol. The number of unbranched alkanes of at least 4 members (excludes halogenated alkanes) is 10. The molecule has 5 heteroatoms. The average molecular weight is 387 g/mol. The first-order valence-electron chi connectivity index (χ1n) is 11.0. The van der Waals surface area contributed by atoms with Gasteiger partial charge >= 0.3 is 11.9 Å². The highest BCUT2D eigenvalue weighted by atomic mass is 16.6. The second-order valence-electron chi connectivity index (χ2n) is 7.34. The second kappa shape index (κ2) is 19.7. The molecule has 1 atom stereocenters. The van der Waals surface area contributed by atoms with Crippen molar-refractivity contribution in [3.8, 4) is 0 Å². The van der Waals surface area contributed by atoms with Crippen molar-refractivity contribution in [3.63, 3.8) is 0 Å². The van der Waals surface area contributed by atoms with Gasteiger partial charge in [-0.05, 0) is 19.8 Å². The molecule has 0 aromatic carbocycles. The zero-order valence-electron chi connectivity index (χ0n) is 17.9. The maximum absolute atomic E-state index is 11.5. The van der Waals surface area contributed by atoms with Gasteiger partial charge in [-0.25, -0.2) is 9.59 Å². The van der Waals surface area contributed by atoms with Crippen molar-refractivity contribution < 1.29 is 23.8 Å². The first kappa shape index (κ1) is 25.9. The maximum atomic E-state index is 11.5. The molecule has 0 aliphatic rings. The van der Waals surface area contributed by atoms with Crippen molar-refractivity contribution in [1.29, 1.82) is 0 Å². The molecule has 0 fully saturated rings. The summed E-state index contributed by atoms with van der Waals surface area (Å²) in [6.45, 7) is 6.15. The average Bonchev–Trinajstić information content (AvgIpc) is 2.62. The second-order valence-corrected chi connectivity index (χ2v) is 7.34. The van der Waals surface area contributed by atoms with Crippen LogP contribution in [0.4, 0.5) is 0 Å². The number of esters is 2. The van der Waals surface area contributed by atoms with E-state index in [1.165, 1.54) is 57.8 Å². The molecule has 0 rings (SSSR count). The third-order valence-corrected chi connectivity index (χ3v) is 4.48. The molecule has 27 heavy (non-hydrogen) atoms. The van der Waals surface area contributed by atoms with Gasteiger partial charge in [0.25, 0.3) is 0 Å². The van der Waals surface area contributed by atoms with E-state index in [0.717, 1.165) is 25.7 Å². The Hall–Kier alpha value is -1.10. The van der Waals surface area contributed by atoms with Crippen molar-refractivity contribution in [3.05, 3.63) is 0 Å². The van der Waals surface area contributed by atoms with Crippen LogP contribution >= 0.6 is 0 Å². The molecule has 1 unspecified atom stereocenters. The quantitative estimate of drug-likeness (QED) is 0.214. The van der Waals surface area contributed by atoms with E-state index < -0.39 is 11.9 Å². The number of ether oxygens (including phenoxy) is 3. The van der Waals surface area contributed by atoms with Gasteiger partial charge in [-0.2, -0.15) is 0 Å².